The lowest BCUT2D eigenvalue weighted by Crippen LogP contribution is -2.10. The molecule has 0 bridgehead atoms. The van der Waals surface area contributed by atoms with Crippen LogP contribution in [0.25, 0.3) is 6.08 Å². The summed E-state index contributed by atoms with van der Waals surface area (Å²) in [7, 11) is 0. The summed E-state index contributed by atoms with van der Waals surface area (Å²) in [5.41, 5.74) is 1.88. The number of ketones is 1. The molecule has 27 heavy (non-hydrogen) atoms. The quantitative estimate of drug-likeness (QED) is 0.470. The zero-order chi connectivity index (χ0) is 18.5. The predicted octanol–water partition coefficient (Wildman–Crippen LogP) is 3.66. The molecule has 2 heterocycles. The Balaban J connectivity index is 1.44. The lowest BCUT2D eigenvalue weighted by atomic mass is 10.1. The van der Waals surface area contributed by atoms with Gasteiger partial charge < -0.3 is 18.9 Å². The van der Waals surface area contributed by atoms with Gasteiger partial charge in [0.2, 0.25) is 12.6 Å². The molecule has 1 fully saturated rings. The SMILES string of the molecule is Cc1c(OC(=O)C2CC2)ccc2c1O/C(=C\c1ccc3c(c1)OCO3)C2=O. The summed E-state index contributed by atoms with van der Waals surface area (Å²) in [6.07, 6.45) is 3.42. The van der Waals surface area contributed by atoms with Crippen LogP contribution in [0.15, 0.2) is 36.1 Å². The number of allylic oxidation sites excluding steroid dienone is 1. The monoisotopic (exact) mass is 364 g/mol. The van der Waals surface area contributed by atoms with E-state index in [9.17, 15) is 9.59 Å². The molecule has 0 spiro atoms. The van der Waals surface area contributed by atoms with E-state index in [-0.39, 0.29) is 30.2 Å². The number of Topliss-reactive ketones (excluding diaryl/α,β-unsaturated/α-hetero) is 1. The zero-order valence-electron chi connectivity index (χ0n) is 14.6. The first-order valence-corrected chi connectivity index (χ1v) is 8.79. The molecular formula is C21H16O6. The topological polar surface area (TPSA) is 71.1 Å². The molecular weight excluding hydrogens is 348 g/mol. The Morgan fingerprint density at radius 1 is 1.15 bits per heavy atom. The molecule has 2 aromatic rings. The van der Waals surface area contributed by atoms with Gasteiger partial charge in [0.1, 0.15) is 11.5 Å². The Hall–Kier alpha value is -3.28. The number of hydrogen-bond donors (Lipinski definition) is 0. The second-order valence-electron chi connectivity index (χ2n) is 6.81. The summed E-state index contributed by atoms with van der Waals surface area (Å²) in [5.74, 6) is 1.98. The molecule has 1 aliphatic carbocycles. The molecule has 3 aliphatic rings. The van der Waals surface area contributed by atoms with Crippen LogP contribution in [0.1, 0.15) is 34.3 Å². The normalized spacial score (nSPS) is 18.4. The lowest BCUT2D eigenvalue weighted by molar-refractivity contribution is -0.135. The maximum atomic E-state index is 12.7. The fourth-order valence-corrected chi connectivity index (χ4v) is 3.14. The number of carbonyl (C=O) groups is 2. The van der Waals surface area contributed by atoms with Crippen molar-refractivity contribution < 1.29 is 28.5 Å². The average Bonchev–Trinajstić information content (AvgIpc) is 3.34. The molecule has 0 amide bonds. The third-order valence-electron chi connectivity index (χ3n) is 4.85. The predicted molar refractivity (Wildman–Crippen MR) is 95.0 cm³/mol. The first-order valence-electron chi connectivity index (χ1n) is 8.79. The highest BCUT2D eigenvalue weighted by Crippen LogP contribution is 2.41. The van der Waals surface area contributed by atoms with Crippen LogP contribution >= 0.6 is 0 Å². The van der Waals surface area contributed by atoms with Crippen molar-refractivity contribution >= 4 is 17.8 Å². The Bertz CT molecular complexity index is 1020. The molecule has 2 aromatic carbocycles. The average molecular weight is 364 g/mol. The minimum Gasteiger partial charge on any atom is -0.454 e. The molecule has 0 aromatic heterocycles. The molecule has 0 unspecified atom stereocenters. The van der Waals surface area contributed by atoms with Crippen molar-refractivity contribution in [3.05, 3.63) is 52.8 Å². The number of rotatable bonds is 3. The van der Waals surface area contributed by atoms with Crippen molar-refractivity contribution in [2.24, 2.45) is 5.92 Å². The van der Waals surface area contributed by atoms with Crippen LogP contribution < -0.4 is 18.9 Å². The lowest BCUT2D eigenvalue weighted by Gasteiger charge is -2.09. The Morgan fingerprint density at radius 3 is 2.78 bits per heavy atom. The van der Waals surface area contributed by atoms with Crippen molar-refractivity contribution in [2.45, 2.75) is 19.8 Å². The van der Waals surface area contributed by atoms with Gasteiger partial charge in [0.25, 0.3) is 0 Å². The van der Waals surface area contributed by atoms with Crippen molar-refractivity contribution in [3.8, 4) is 23.0 Å². The van der Waals surface area contributed by atoms with E-state index in [1.807, 2.05) is 6.07 Å². The van der Waals surface area contributed by atoms with Gasteiger partial charge >= 0.3 is 5.97 Å². The second-order valence-corrected chi connectivity index (χ2v) is 6.81. The third-order valence-corrected chi connectivity index (χ3v) is 4.85. The van der Waals surface area contributed by atoms with Crippen molar-refractivity contribution in [3.63, 3.8) is 0 Å². The van der Waals surface area contributed by atoms with Crippen LogP contribution in [0.2, 0.25) is 0 Å². The van der Waals surface area contributed by atoms with E-state index in [1.54, 1.807) is 37.3 Å². The minimum absolute atomic E-state index is 0.00155. The number of benzene rings is 2. The van der Waals surface area contributed by atoms with E-state index in [1.165, 1.54) is 0 Å². The van der Waals surface area contributed by atoms with Crippen LogP contribution in [0.4, 0.5) is 0 Å². The van der Waals surface area contributed by atoms with Gasteiger partial charge in [-0.3, -0.25) is 9.59 Å². The first kappa shape index (κ1) is 15.9. The Kier molecular flexibility index (Phi) is 3.47. The van der Waals surface area contributed by atoms with Crippen LogP contribution in [-0.2, 0) is 4.79 Å². The molecule has 0 atom stereocenters. The summed E-state index contributed by atoms with van der Waals surface area (Å²) in [6, 6.07) is 8.71. The van der Waals surface area contributed by atoms with E-state index in [0.717, 1.165) is 18.4 Å². The van der Waals surface area contributed by atoms with Gasteiger partial charge in [-0.25, -0.2) is 0 Å². The van der Waals surface area contributed by atoms with E-state index in [0.29, 0.717) is 34.1 Å². The number of esters is 1. The van der Waals surface area contributed by atoms with Gasteiger partial charge in [0.05, 0.1) is 11.5 Å². The van der Waals surface area contributed by atoms with Gasteiger partial charge in [0, 0.05) is 5.56 Å². The molecule has 5 rings (SSSR count). The van der Waals surface area contributed by atoms with Crippen LogP contribution in [-0.4, -0.2) is 18.5 Å². The zero-order valence-corrected chi connectivity index (χ0v) is 14.6. The number of fused-ring (bicyclic) bond motifs is 2. The van der Waals surface area contributed by atoms with Crippen molar-refractivity contribution in [1.29, 1.82) is 0 Å². The molecule has 136 valence electrons. The minimum atomic E-state index is -0.224. The van der Waals surface area contributed by atoms with E-state index in [4.69, 9.17) is 18.9 Å². The van der Waals surface area contributed by atoms with E-state index < -0.39 is 0 Å². The molecule has 6 heteroatoms. The van der Waals surface area contributed by atoms with E-state index >= 15 is 0 Å². The Labute approximate surface area is 155 Å². The summed E-state index contributed by atoms with van der Waals surface area (Å²) in [4.78, 5) is 24.6. The highest BCUT2D eigenvalue weighted by Gasteiger charge is 2.34. The standard InChI is InChI=1S/C21H16O6/c1-11-15(27-21(23)13-3-4-13)7-5-14-19(22)18(26-20(11)14)9-12-2-6-16-17(8-12)25-10-24-16/h2,5-9,13H,3-4,10H2,1H3/b18-9-. The maximum absolute atomic E-state index is 12.7. The summed E-state index contributed by atoms with van der Waals surface area (Å²) in [5, 5.41) is 0. The van der Waals surface area contributed by atoms with E-state index in [2.05, 4.69) is 0 Å². The van der Waals surface area contributed by atoms with Gasteiger partial charge in [-0.05, 0) is 55.7 Å². The van der Waals surface area contributed by atoms with Crippen LogP contribution in [0.5, 0.6) is 23.0 Å². The first-order chi connectivity index (χ1) is 13.1. The van der Waals surface area contributed by atoms with Gasteiger partial charge in [-0.1, -0.05) is 6.07 Å². The molecule has 0 N–H and O–H groups in total. The smallest absolute Gasteiger partial charge is 0.314 e. The second kappa shape index (κ2) is 5.87. The molecule has 6 nitrogen and oxygen atoms in total. The van der Waals surface area contributed by atoms with Gasteiger partial charge in [-0.15, -0.1) is 0 Å². The summed E-state index contributed by atoms with van der Waals surface area (Å²) in [6.45, 7) is 1.98. The van der Waals surface area contributed by atoms with Gasteiger partial charge in [-0.2, -0.15) is 0 Å². The number of hydrogen-bond acceptors (Lipinski definition) is 6. The summed E-state index contributed by atoms with van der Waals surface area (Å²) < 4.78 is 21.9. The van der Waals surface area contributed by atoms with Crippen molar-refractivity contribution in [2.75, 3.05) is 6.79 Å². The van der Waals surface area contributed by atoms with Gasteiger partial charge in [0.15, 0.2) is 17.3 Å². The third kappa shape index (κ3) is 2.73. The van der Waals surface area contributed by atoms with Crippen LogP contribution in [0, 0.1) is 12.8 Å². The summed E-state index contributed by atoms with van der Waals surface area (Å²) >= 11 is 0. The number of ether oxygens (including phenoxy) is 4. The molecule has 0 saturated heterocycles. The largest absolute Gasteiger partial charge is 0.454 e. The molecule has 0 radical (unpaired) electrons. The van der Waals surface area contributed by atoms with Crippen molar-refractivity contribution in [1.82, 2.24) is 0 Å². The highest BCUT2D eigenvalue weighted by atomic mass is 16.7. The number of carbonyl (C=O) groups excluding carboxylic acids is 2. The maximum Gasteiger partial charge on any atom is 0.314 e. The fourth-order valence-electron chi connectivity index (χ4n) is 3.14. The molecule has 1 saturated carbocycles. The van der Waals surface area contributed by atoms with Crippen LogP contribution in [0.3, 0.4) is 0 Å². The molecule has 2 aliphatic heterocycles. The fraction of sp³-hybridized carbons (Fsp3) is 0.238. The Morgan fingerprint density at radius 2 is 1.96 bits per heavy atom. The highest BCUT2D eigenvalue weighted by molar-refractivity contribution is 6.15.